The van der Waals surface area contributed by atoms with Crippen LogP contribution < -0.4 is 10.2 Å². The average Bonchev–Trinajstić information content (AvgIpc) is 3.29. The van der Waals surface area contributed by atoms with Crippen molar-refractivity contribution in [1.29, 1.82) is 0 Å². The predicted octanol–water partition coefficient (Wildman–Crippen LogP) is 4.59. The van der Waals surface area contributed by atoms with Crippen molar-refractivity contribution < 1.29 is 8.78 Å². The molecule has 0 amide bonds. The van der Waals surface area contributed by atoms with Gasteiger partial charge in [0.25, 0.3) is 0 Å². The molecule has 2 atom stereocenters. The Morgan fingerprint density at radius 2 is 1.92 bits per heavy atom. The van der Waals surface area contributed by atoms with Crippen LogP contribution in [0.15, 0.2) is 65.3 Å². The second-order valence-corrected chi connectivity index (χ2v) is 6.62. The number of halogens is 2. The minimum atomic E-state index is -0.352. The second kappa shape index (κ2) is 5.99. The Bertz CT molecular complexity index is 844. The van der Waals surface area contributed by atoms with Crippen LogP contribution in [0, 0.1) is 17.6 Å². The fraction of sp³-hybridized carbons (Fsp3) is 0.250. The number of rotatable bonds is 4. The van der Waals surface area contributed by atoms with E-state index in [2.05, 4.69) is 11.4 Å². The van der Waals surface area contributed by atoms with E-state index in [-0.39, 0.29) is 17.3 Å². The lowest BCUT2D eigenvalue weighted by atomic mass is 10.2. The first-order valence-electron chi connectivity index (χ1n) is 8.34. The van der Waals surface area contributed by atoms with Crippen molar-refractivity contribution in [3.8, 4) is 0 Å². The van der Waals surface area contributed by atoms with E-state index in [4.69, 9.17) is 4.99 Å². The highest BCUT2D eigenvalue weighted by molar-refractivity contribution is 5.85. The molecule has 1 heterocycles. The molecule has 0 radical (unpaired) electrons. The standard InChI is InChI=1S/C20H19F2N3/c1-25(18-9-6-15(21)7-10-18)19-8-5-14-12-20(14,23-13-19)24-17-4-2-3-16(22)11-17/h2-4,6-11,13-14,24H,5,12H2,1H3. The van der Waals surface area contributed by atoms with Crippen LogP contribution in [0.4, 0.5) is 20.2 Å². The van der Waals surface area contributed by atoms with Crippen LogP contribution in [0.2, 0.25) is 0 Å². The van der Waals surface area contributed by atoms with E-state index in [0.717, 1.165) is 29.9 Å². The van der Waals surface area contributed by atoms with Crippen LogP contribution in [-0.2, 0) is 0 Å². The SMILES string of the molecule is CN(C1=CCC2CC2(Nc2cccc(F)c2)N=C1)c1ccc(F)cc1. The summed E-state index contributed by atoms with van der Waals surface area (Å²) in [4.78, 5) is 6.75. The van der Waals surface area contributed by atoms with Crippen LogP contribution in [0.25, 0.3) is 0 Å². The number of fused-ring (bicyclic) bond motifs is 1. The number of hydrogen-bond acceptors (Lipinski definition) is 3. The summed E-state index contributed by atoms with van der Waals surface area (Å²) in [6, 6.07) is 12.9. The summed E-state index contributed by atoms with van der Waals surface area (Å²) in [5.41, 5.74) is 2.27. The number of aliphatic imine (C=N–C) groups is 1. The van der Waals surface area contributed by atoms with E-state index in [1.807, 2.05) is 24.2 Å². The van der Waals surface area contributed by atoms with Gasteiger partial charge in [0.1, 0.15) is 17.3 Å². The summed E-state index contributed by atoms with van der Waals surface area (Å²) in [7, 11) is 1.94. The van der Waals surface area contributed by atoms with Crippen molar-refractivity contribution in [2.75, 3.05) is 17.3 Å². The highest BCUT2D eigenvalue weighted by Gasteiger charge is 2.54. The predicted molar refractivity (Wildman–Crippen MR) is 96.9 cm³/mol. The molecule has 2 aliphatic rings. The topological polar surface area (TPSA) is 27.6 Å². The van der Waals surface area contributed by atoms with Crippen LogP contribution in [0.5, 0.6) is 0 Å². The van der Waals surface area contributed by atoms with Crippen molar-refractivity contribution in [3.05, 3.63) is 71.9 Å². The Morgan fingerprint density at radius 1 is 1.12 bits per heavy atom. The molecule has 1 saturated carbocycles. The largest absolute Gasteiger partial charge is 0.361 e. The van der Waals surface area contributed by atoms with Crippen LogP contribution in [-0.4, -0.2) is 18.9 Å². The highest BCUT2D eigenvalue weighted by atomic mass is 19.1. The molecular weight excluding hydrogens is 320 g/mol. The molecule has 0 spiro atoms. The molecule has 5 heteroatoms. The first-order chi connectivity index (χ1) is 12.1. The van der Waals surface area contributed by atoms with Crippen LogP contribution >= 0.6 is 0 Å². The van der Waals surface area contributed by atoms with E-state index in [1.165, 1.54) is 24.3 Å². The Balaban J connectivity index is 1.52. The van der Waals surface area contributed by atoms with Gasteiger partial charge in [-0.3, -0.25) is 4.99 Å². The molecule has 0 aromatic heterocycles. The van der Waals surface area contributed by atoms with E-state index in [9.17, 15) is 8.78 Å². The lowest BCUT2D eigenvalue weighted by molar-refractivity contribution is 0.626. The summed E-state index contributed by atoms with van der Waals surface area (Å²) in [5.74, 6) is -0.114. The van der Waals surface area contributed by atoms with E-state index in [1.54, 1.807) is 18.2 Å². The third kappa shape index (κ3) is 3.14. The third-order valence-electron chi connectivity index (χ3n) is 4.90. The molecule has 3 nitrogen and oxygen atoms in total. The second-order valence-electron chi connectivity index (χ2n) is 6.62. The van der Waals surface area contributed by atoms with Crippen LogP contribution in [0.3, 0.4) is 0 Å². The monoisotopic (exact) mass is 339 g/mol. The maximum absolute atomic E-state index is 13.4. The van der Waals surface area contributed by atoms with Crippen molar-refractivity contribution in [2.24, 2.45) is 10.9 Å². The van der Waals surface area contributed by atoms with Crippen molar-refractivity contribution in [2.45, 2.75) is 18.5 Å². The zero-order valence-electron chi connectivity index (χ0n) is 13.9. The van der Waals surface area contributed by atoms with Gasteiger partial charge in [0.2, 0.25) is 0 Å². The lowest BCUT2D eigenvalue weighted by Gasteiger charge is -2.20. The minimum Gasteiger partial charge on any atom is -0.361 e. The zero-order valence-corrected chi connectivity index (χ0v) is 13.9. The molecule has 0 saturated heterocycles. The maximum Gasteiger partial charge on any atom is 0.133 e. The maximum atomic E-state index is 13.4. The summed E-state index contributed by atoms with van der Waals surface area (Å²) in [6.45, 7) is 0. The van der Waals surface area contributed by atoms with Gasteiger partial charge in [-0.15, -0.1) is 0 Å². The van der Waals surface area contributed by atoms with E-state index < -0.39 is 0 Å². The van der Waals surface area contributed by atoms with Gasteiger partial charge in [-0.05, 0) is 55.3 Å². The van der Waals surface area contributed by atoms with Gasteiger partial charge < -0.3 is 10.2 Å². The quantitative estimate of drug-likeness (QED) is 0.882. The molecule has 2 aromatic carbocycles. The molecule has 25 heavy (non-hydrogen) atoms. The third-order valence-corrected chi connectivity index (χ3v) is 4.90. The average molecular weight is 339 g/mol. The summed E-state index contributed by atoms with van der Waals surface area (Å²) >= 11 is 0. The van der Waals surface area contributed by atoms with Gasteiger partial charge in [-0.25, -0.2) is 8.78 Å². The van der Waals surface area contributed by atoms with Crippen molar-refractivity contribution >= 4 is 17.6 Å². The van der Waals surface area contributed by atoms with Gasteiger partial charge >= 0.3 is 0 Å². The first kappa shape index (κ1) is 15.8. The van der Waals surface area contributed by atoms with Crippen LogP contribution in [0.1, 0.15) is 12.8 Å². The van der Waals surface area contributed by atoms with E-state index >= 15 is 0 Å². The number of allylic oxidation sites excluding steroid dienone is 2. The van der Waals surface area contributed by atoms with Gasteiger partial charge in [0, 0.05) is 30.6 Å². The number of anilines is 2. The molecule has 2 unspecified atom stereocenters. The van der Waals surface area contributed by atoms with Crippen molar-refractivity contribution in [1.82, 2.24) is 0 Å². The zero-order chi connectivity index (χ0) is 17.4. The molecule has 2 aromatic rings. The highest BCUT2D eigenvalue weighted by Crippen LogP contribution is 2.50. The first-order valence-corrected chi connectivity index (χ1v) is 8.34. The molecule has 1 aliphatic heterocycles. The van der Waals surface area contributed by atoms with E-state index in [0.29, 0.717) is 5.92 Å². The molecule has 1 N–H and O–H groups in total. The fourth-order valence-corrected chi connectivity index (χ4v) is 3.29. The van der Waals surface area contributed by atoms with Gasteiger partial charge in [0.15, 0.2) is 0 Å². The number of nitrogens with zero attached hydrogens (tertiary/aromatic N) is 2. The number of nitrogens with one attached hydrogen (secondary N) is 1. The van der Waals surface area contributed by atoms with Gasteiger partial charge in [-0.1, -0.05) is 12.1 Å². The Morgan fingerprint density at radius 3 is 2.68 bits per heavy atom. The summed E-state index contributed by atoms with van der Waals surface area (Å²) < 4.78 is 26.5. The number of hydrogen-bond donors (Lipinski definition) is 1. The normalized spacial score (nSPS) is 24.1. The lowest BCUT2D eigenvalue weighted by Crippen LogP contribution is -2.22. The molecule has 1 fully saturated rings. The smallest absolute Gasteiger partial charge is 0.133 e. The number of benzene rings is 2. The summed E-state index contributed by atoms with van der Waals surface area (Å²) in [6.07, 6.45) is 5.83. The molecule has 1 aliphatic carbocycles. The fourth-order valence-electron chi connectivity index (χ4n) is 3.29. The molecule has 128 valence electrons. The Hall–Kier alpha value is -2.69. The molecular formula is C20H19F2N3. The minimum absolute atomic E-state index is 0.250. The molecule has 4 rings (SSSR count). The van der Waals surface area contributed by atoms with Gasteiger partial charge in [-0.2, -0.15) is 0 Å². The Labute approximate surface area is 145 Å². The Kier molecular flexibility index (Phi) is 3.79. The summed E-state index contributed by atoms with van der Waals surface area (Å²) in [5, 5.41) is 3.38. The molecule has 0 bridgehead atoms. The van der Waals surface area contributed by atoms with Crippen molar-refractivity contribution in [3.63, 3.8) is 0 Å². The van der Waals surface area contributed by atoms with Gasteiger partial charge in [0.05, 0.1) is 5.70 Å².